The Kier molecular flexibility index (Phi) is 4.74. The summed E-state index contributed by atoms with van der Waals surface area (Å²) in [6.45, 7) is 6.46. The summed E-state index contributed by atoms with van der Waals surface area (Å²) in [6, 6.07) is 7.00. The number of hydrogen-bond acceptors (Lipinski definition) is 3. The van der Waals surface area contributed by atoms with Gasteiger partial charge in [0, 0.05) is 32.2 Å². The van der Waals surface area contributed by atoms with Crippen LogP contribution in [0.3, 0.4) is 0 Å². The fourth-order valence-corrected chi connectivity index (χ4v) is 3.05. The zero-order valence-electron chi connectivity index (χ0n) is 13.1. The number of rotatable bonds is 5. The lowest BCUT2D eigenvalue weighted by molar-refractivity contribution is -0.123. The Labute approximate surface area is 131 Å². The molecule has 1 aliphatic carbocycles. The van der Waals surface area contributed by atoms with Gasteiger partial charge >= 0.3 is 0 Å². The van der Waals surface area contributed by atoms with Gasteiger partial charge in [-0.3, -0.25) is 14.6 Å². The summed E-state index contributed by atoms with van der Waals surface area (Å²) < 4.78 is 12.9. The number of nitrogens with one attached hydrogen (secondary N) is 1. The smallest absolute Gasteiger partial charge is 0.234 e. The van der Waals surface area contributed by atoms with Crippen LogP contribution in [-0.4, -0.2) is 54.5 Å². The topological polar surface area (TPSA) is 35.6 Å². The predicted octanol–water partition coefficient (Wildman–Crippen LogP) is 1.78. The Morgan fingerprint density at radius 2 is 1.86 bits per heavy atom. The van der Waals surface area contributed by atoms with E-state index in [1.54, 1.807) is 12.1 Å². The fourth-order valence-electron chi connectivity index (χ4n) is 3.05. The zero-order valence-corrected chi connectivity index (χ0v) is 13.1. The summed E-state index contributed by atoms with van der Waals surface area (Å²) in [5.74, 6) is -0.215. The second-order valence-electron chi connectivity index (χ2n) is 6.38. The van der Waals surface area contributed by atoms with E-state index in [0.717, 1.165) is 37.8 Å². The predicted molar refractivity (Wildman–Crippen MR) is 84.0 cm³/mol. The number of halogens is 1. The molecule has 1 amide bonds. The third kappa shape index (κ3) is 4.05. The van der Waals surface area contributed by atoms with Crippen molar-refractivity contribution in [3.8, 4) is 0 Å². The van der Waals surface area contributed by atoms with Gasteiger partial charge < -0.3 is 5.32 Å². The molecule has 1 saturated heterocycles. The van der Waals surface area contributed by atoms with Gasteiger partial charge in [0.1, 0.15) is 5.82 Å². The molecular weight excluding hydrogens is 281 g/mol. The number of carbonyl (C=O) groups excluding carboxylic acids is 1. The van der Waals surface area contributed by atoms with E-state index in [4.69, 9.17) is 0 Å². The largest absolute Gasteiger partial charge is 0.348 e. The van der Waals surface area contributed by atoms with E-state index < -0.39 is 0 Å². The van der Waals surface area contributed by atoms with E-state index in [1.807, 2.05) is 6.92 Å². The van der Waals surface area contributed by atoms with Gasteiger partial charge in [0.05, 0.1) is 12.6 Å². The minimum absolute atomic E-state index is 0.0386. The Bertz CT molecular complexity index is 507. The minimum atomic E-state index is -0.254. The molecule has 0 spiro atoms. The van der Waals surface area contributed by atoms with Gasteiger partial charge in [0.2, 0.25) is 5.91 Å². The van der Waals surface area contributed by atoms with Crippen molar-refractivity contribution in [3.63, 3.8) is 0 Å². The lowest BCUT2D eigenvalue weighted by atomic mass is 10.1. The maximum Gasteiger partial charge on any atom is 0.234 e. The summed E-state index contributed by atoms with van der Waals surface area (Å²) >= 11 is 0. The van der Waals surface area contributed by atoms with Gasteiger partial charge in [-0.05, 0) is 37.5 Å². The molecule has 1 aliphatic heterocycles. The number of piperazine rings is 1. The molecule has 1 heterocycles. The molecular formula is C17H24FN3O. The molecule has 1 saturated carbocycles. The first-order valence-electron chi connectivity index (χ1n) is 8.13. The molecule has 22 heavy (non-hydrogen) atoms. The fraction of sp³-hybridized carbons (Fsp3) is 0.588. The summed E-state index contributed by atoms with van der Waals surface area (Å²) in [7, 11) is 0. The normalized spacial score (nSPS) is 21.5. The van der Waals surface area contributed by atoms with Crippen LogP contribution in [-0.2, 0) is 4.79 Å². The molecule has 120 valence electrons. The van der Waals surface area contributed by atoms with E-state index in [9.17, 15) is 9.18 Å². The van der Waals surface area contributed by atoms with Crippen LogP contribution in [0.4, 0.5) is 4.39 Å². The number of hydrogen-bond donors (Lipinski definition) is 1. The third-order valence-electron chi connectivity index (χ3n) is 4.58. The third-order valence-corrected chi connectivity index (χ3v) is 4.58. The van der Waals surface area contributed by atoms with Gasteiger partial charge in [-0.2, -0.15) is 0 Å². The van der Waals surface area contributed by atoms with Crippen molar-refractivity contribution in [2.24, 2.45) is 0 Å². The van der Waals surface area contributed by atoms with E-state index >= 15 is 0 Å². The number of amides is 1. The van der Waals surface area contributed by atoms with Crippen LogP contribution < -0.4 is 5.32 Å². The first-order valence-corrected chi connectivity index (χ1v) is 8.13. The van der Waals surface area contributed by atoms with Gasteiger partial charge in [0.25, 0.3) is 0 Å². The quantitative estimate of drug-likeness (QED) is 0.901. The van der Waals surface area contributed by atoms with Crippen molar-refractivity contribution < 1.29 is 9.18 Å². The second-order valence-corrected chi connectivity index (χ2v) is 6.38. The molecule has 1 atom stereocenters. The van der Waals surface area contributed by atoms with E-state index in [0.29, 0.717) is 6.54 Å². The van der Waals surface area contributed by atoms with Crippen LogP contribution in [0.5, 0.6) is 0 Å². The molecule has 0 radical (unpaired) electrons. The van der Waals surface area contributed by atoms with Gasteiger partial charge in [-0.15, -0.1) is 0 Å². The molecule has 2 aliphatic rings. The average Bonchev–Trinajstić information content (AvgIpc) is 3.33. The standard InChI is InChI=1S/C17H24FN3O/c1-13(14-2-4-15(18)5-3-14)19-17(22)12-20-8-10-21(11-9-20)16-6-7-16/h2-5,13,16H,6-12H2,1H3,(H,19,22). The number of nitrogens with zero attached hydrogens (tertiary/aromatic N) is 2. The molecule has 0 bridgehead atoms. The first-order chi connectivity index (χ1) is 10.6. The Morgan fingerprint density at radius 1 is 1.23 bits per heavy atom. The highest BCUT2D eigenvalue weighted by Gasteiger charge is 2.31. The maximum atomic E-state index is 12.9. The van der Waals surface area contributed by atoms with E-state index in [2.05, 4.69) is 15.1 Å². The Balaban J connectivity index is 1.43. The van der Waals surface area contributed by atoms with Crippen molar-refractivity contribution >= 4 is 5.91 Å². The van der Waals surface area contributed by atoms with Crippen LogP contribution in [0.15, 0.2) is 24.3 Å². The second kappa shape index (κ2) is 6.75. The van der Waals surface area contributed by atoms with Crippen LogP contribution in [0, 0.1) is 5.82 Å². The summed E-state index contributed by atoms with van der Waals surface area (Å²) in [5, 5.41) is 2.99. The highest BCUT2D eigenvalue weighted by Crippen LogP contribution is 2.27. The molecule has 3 rings (SSSR count). The first kappa shape index (κ1) is 15.4. The minimum Gasteiger partial charge on any atom is -0.348 e. The lowest BCUT2D eigenvalue weighted by Gasteiger charge is -2.34. The summed E-state index contributed by atoms with van der Waals surface area (Å²) in [4.78, 5) is 16.9. The van der Waals surface area contributed by atoms with Gasteiger partial charge in [-0.1, -0.05) is 12.1 Å². The van der Waals surface area contributed by atoms with Crippen LogP contribution in [0.25, 0.3) is 0 Å². The van der Waals surface area contributed by atoms with Crippen LogP contribution in [0.1, 0.15) is 31.4 Å². The number of benzene rings is 1. The van der Waals surface area contributed by atoms with Gasteiger partial charge in [0.15, 0.2) is 0 Å². The van der Waals surface area contributed by atoms with E-state index in [-0.39, 0.29) is 17.8 Å². The highest BCUT2D eigenvalue weighted by atomic mass is 19.1. The van der Waals surface area contributed by atoms with Crippen molar-refractivity contribution in [2.45, 2.75) is 31.8 Å². The Hall–Kier alpha value is -1.46. The monoisotopic (exact) mass is 305 g/mol. The molecule has 4 nitrogen and oxygen atoms in total. The molecule has 1 aromatic rings. The summed E-state index contributed by atoms with van der Waals surface area (Å²) in [5.41, 5.74) is 0.924. The van der Waals surface area contributed by atoms with Crippen LogP contribution >= 0.6 is 0 Å². The molecule has 0 aromatic heterocycles. The zero-order chi connectivity index (χ0) is 15.5. The lowest BCUT2D eigenvalue weighted by Crippen LogP contribution is -2.50. The molecule has 1 unspecified atom stereocenters. The SMILES string of the molecule is CC(NC(=O)CN1CCN(C2CC2)CC1)c1ccc(F)cc1. The molecule has 1 aromatic carbocycles. The van der Waals surface area contributed by atoms with Crippen molar-refractivity contribution in [3.05, 3.63) is 35.6 Å². The maximum absolute atomic E-state index is 12.9. The molecule has 5 heteroatoms. The summed E-state index contributed by atoms with van der Waals surface area (Å²) in [6.07, 6.45) is 2.69. The number of carbonyl (C=O) groups is 1. The molecule has 1 N–H and O–H groups in total. The van der Waals surface area contributed by atoms with Crippen molar-refractivity contribution in [1.82, 2.24) is 15.1 Å². The highest BCUT2D eigenvalue weighted by molar-refractivity contribution is 5.78. The van der Waals surface area contributed by atoms with Gasteiger partial charge in [-0.25, -0.2) is 4.39 Å². The van der Waals surface area contributed by atoms with E-state index in [1.165, 1.54) is 25.0 Å². The molecule has 2 fully saturated rings. The Morgan fingerprint density at radius 3 is 2.45 bits per heavy atom. The van der Waals surface area contributed by atoms with Crippen LogP contribution in [0.2, 0.25) is 0 Å². The van der Waals surface area contributed by atoms with Crippen molar-refractivity contribution in [2.75, 3.05) is 32.7 Å². The van der Waals surface area contributed by atoms with Crippen molar-refractivity contribution in [1.29, 1.82) is 0 Å². The average molecular weight is 305 g/mol.